The molecular weight excluding hydrogens is 236 g/mol. The van der Waals surface area contributed by atoms with Crippen LogP contribution in [-0.4, -0.2) is 15.0 Å². The smallest absolute Gasteiger partial charge is 0.104 e. The molecule has 1 heterocycles. The van der Waals surface area contributed by atoms with Crippen molar-refractivity contribution in [2.75, 3.05) is 0 Å². The number of nitrogens with zero attached hydrogens (tertiary/aromatic N) is 3. The molecule has 90 valence electrons. The first-order chi connectivity index (χ1) is 8.26. The molecule has 2 rings (SSSR count). The van der Waals surface area contributed by atoms with Gasteiger partial charge in [0.25, 0.3) is 0 Å². The fraction of sp³-hybridized carbons (Fsp3) is 0.333. The Morgan fingerprint density at radius 3 is 2.88 bits per heavy atom. The largest absolute Gasteiger partial charge is 0.325 e. The summed E-state index contributed by atoms with van der Waals surface area (Å²) in [5.41, 5.74) is 8.47. The van der Waals surface area contributed by atoms with Crippen LogP contribution in [0.2, 0.25) is 5.02 Å². The van der Waals surface area contributed by atoms with Gasteiger partial charge in [-0.2, -0.15) is 0 Å². The van der Waals surface area contributed by atoms with Gasteiger partial charge in [-0.1, -0.05) is 35.9 Å². The van der Waals surface area contributed by atoms with Crippen LogP contribution >= 0.6 is 11.6 Å². The summed E-state index contributed by atoms with van der Waals surface area (Å²) in [5.74, 6) is 0. The van der Waals surface area contributed by atoms with E-state index in [9.17, 15) is 0 Å². The number of halogens is 1. The molecule has 0 saturated carbocycles. The van der Waals surface area contributed by atoms with Crippen LogP contribution in [0.15, 0.2) is 24.3 Å². The Morgan fingerprint density at radius 2 is 2.24 bits per heavy atom. The van der Waals surface area contributed by atoms with E-state index < -0.39 is 0 Å². The lowest BCUT2D eigenvalue weighted by Gasteiger charge is -2.07. The van der Waals surface area contributed by atoms with Gasteiger partial charge in [0.2, 0.25) is 0 Å². The summed E-state index contributed by atoms with van der Waals surface area (Å²) in [4.78, 5) is 0. The fourth-order valence-electron chi connectivity index (χ4n) is 1.81. The summed E-state index contributed by atoms with van der Waals surface area (Å²) >= 11 is 6.01. The van der Waals surface area contributed by atoms with Crippen LogP contribution in [-0.2, 0) is 13.1 Å². The van der Waals surface area contributed by atoms with Crippen LogP contribution in [0.25, 0.3) is 11.3 Å². The molecule has 0 unspecified atom stereocenters. The van der Waals surface area contributed by atoms with Crippen LogP contribution in [0, 0.1) is 0 Å². The lowest BCUT2D eigenvalue weighted by Crippen LogP contribution is -2.04. The van der Waals surface area contributed by atoms with Gasteiger partial charge in [-0.05, 0) is 18.6 Å². The van der Waals surface area contributed by atoms with E-state index in [4.69, 9.17) is 17.3 Å². The number of hydrogen-bond donors (Lipinski definition) is 1. The zero-order valence-electron chi connectivity index (χ0n) is 9.73. The standard InChI is InChI=1S/C12H15ClN4/c1-2-6-17-12(11(8-14)15-16-17)9-4-3-5-10(13)7-9/h3-5,7H,2,6,8,14H2,1H3. The van der Waals surface area contributed by atoms with Crippen LogP contribution in [0.4, 0.5) is 0 Å². The van der Waals surface area contributed by atoms with Crippen molar-refractivity contribution in [3.05, 3.63) is 35.0 Å². The second-order valence-electron chi connectivity index (χ2n) is 3.82. The molecule has 0 spiro atoms. The summed E-state index contributed by atoms with van der Waals surface area (Å²) in [6.45, 7) is 3.31. The first-order valence-electron chi connectivity index (χ1n) is 5.64. The second-order valence-corrected chi connectivity index (χ2v) is 4.26. The minimum absolute atomic E-state index is 0.381. The van der Waals surface area contributed by atoms with Gasteiger partial charge in [0, 0.05) is 23.7 Å². The van der Waals surface area contributed by atoms with Gasteiger partial charge in [-0.15, -0.1) is 5.10 Å². The normalized spacial score (nSPS) is 10.8. The Bertz CT molecular complexity index is 507. The third-order valence-electron chi connectivity index (χ3n) is 2.53. The van der Waals surface area contributed by atoms with Crippen molar-refractivity contribution in [1.82, 2.24) is 15.0 Å². The quantitative estimate of drug-likeness (QED) is 0.907. The third kappa shape index (κ3) is 2.48. The second kappa shape index (κ2) is 5.29. The lowest BCUT2D eigenvalue weighted by molar-refractivity contribution is 0.584. The number of hydrogen-bond acceptors (Lipinski definition) is 3. The van der Waals surface area contributed by atoms with E-state index in [2.05, 4.69) is 17.2 Å². The maximum atomic E-state index is 6.01. The van der Waals surface area contributed by atoms with Gasteiger partial charge in [0.15, 0.2) is 0 Å². The molecule has 5 heteroatoms. The molecule has 1 aromatic heterocycles. The van der Waals surface area contributed by atoms with E-state index in [0.717, 1.165) is 29.9 Å². The van der Waals surface area contributed by atoms with Gasteiger partial charge >= 0.3 is 0 Å². The third-order valence-corrected chi connectivity index (χ3v) is 2.77. The summed E-state index contributed by atoms with van der Waals surface area (Å²) in [7, 11) is 0. The molecular formula is C12H15ClN4. The van der Waals surface area contributed by atoms with E-state index in [1.165, 1.54) is 0 Å². The lowest BCUT2D eigenvalue weighted by atomic mass is 10.1. The Balaban J connectivity index is 2.51. The molecule has 1 aromatic carbocycles. The molecule has 0 aliphatic rings. The molecule has 0 aliphatic carbocycles. The van der Waals surface area contributed by atoms with E-state index in [-0.39, 0.29) is 0 Å². The van der Waals surface area contributed by atoms with Crippen LogP contribution in [0.3, 0.4) is 0 Å². The van der Waals surface area contributed by atoms with E-state index in [1.807, 2.05) is 28.9 Å². The predicted molar refractivity (Wildman–Crippen MR) is 68.7 cm³/mol. The summed E-state index contributed by atoms with van der Waals surface area (Å²) in [5, 5.41) is 8.93. The number of rotatable bonds is 4. The molecule has 0 amide bonds. The molecule has 0 fully saturated rings. The van der Waals surface area contributed by atoms with Crippen LogP contribution in [0.1, 0.15) is 19.0 Å². The minimum Gasteiger partial charge on any atom is -0.325 e. The predicted octanol–water partition coefficient (Wildman–Crippen LogP) is 2.47. The Kier molecular flexibility index (Phi) is 3.76. The average Bonchev–Trinajstić information content (AvgIpc) is 2.72. The molecule has 2 aromatic rings. The first kappa shape index (κ1) is 12.1. The first-order valence-corrected chi connectivity index (χ1v) is 6.02. The Morgan fingerprint density at radius 1 is 1.41 bits per heavy atom. The SMILES string of the molecule is CCCn1nnc(CN)c1-c1cccc(Cl)c1. The Labute approximate surface area is 105 Å². The highest BCUT2D eigenvalue weighted by atomic mass is 35.5. The number of aromatic nitrogens is 3. The van der Waals surface area contributed by atoms with Crippen molar-refractivity contribution < 1.29 is 0 Å². The summed E-state index contributed by atoms with van der Waals surface area (Å²) < 4.78 is 1.88. The van der Waals surface area contributed by atoms with Gasteiger partial charge < -0.3 is 5.73 Å². The molecule has 4 nitrogen and oxygen atoms in total. The van der Waals surface area contributed by atoms with Crippen molar-refractivity contribution in [2.45, 2.75) is 26.4 Å². The van der Waals surface area contributed by atoms with Gasteiger partial charge in [-0.3, -0.25) is 0 Å². The highest BCUT2D eigenvalue weighted by molar-refractivity contribution is 6.30. The zero-order chi connectivity index (χ0) is 12.3. The number of nitrogens with two attached hydrogens (primary N) is 1. The van der Waals surface area contributed by atoms with Gasteiger partial charge in [0.1, 0.15) is 5.69 Å². The Hall–Kier alpha value is -1.39. The summed E-state index contributed by atoms with van der Waals surface area (Å²) in [6, 6.07) is 7.67. The topological polar surface area (TPSA) is 56.7 Å². The maximum Gasteiger partial charge on any atom is 0.104 e. The van der Waals surface area contributed by atoms with Gasteiger partial charge in [-0.25, -0.2) is 4.68 Å². The zero-order valence-corrected chi connectivity index (χ0v) is 10.5. The van der Waals surface area contributed by atoms with Crippen LogP contribution in [0.5, 0.6) is 0 Å². The number of benzene rings is 1. The van der Waals surface area contributed by atoms with Crippen molar-refractivity contribution in [2.24, 2.45) is 5.73 Å². The van der Waals surface area contributed by atoms with Crippen molar-refractivity contribution >= 4 is 11.6 Å². The molecule has 0 aliphatic heterocycles. The van der Waals surface area contributed by atoms with Gasteiger partial charge in [0.05, 0.1) is 5.69 Å². The fourth-order valence-corrected chi connectivity index (χ4v) is 2.00. The van der Waals surface area contributed by atoms with E-state index in [0.29, 0.717) is 11.6 Å². The van der Waals surface area contributed by atoms with E-state index >= 15 is 0 Å². The molecule has 2 N–H and O–H groups in total. The molecule has 0 bridgehead atoms. The highest BCUT2D eigenvalue weighted by Crippen LogP contribution is 2.25. The molecule has 0 atom stereocenters. The average molecular weight is 251 g/mol. The van der Waals surface area contributed by atoms with Crippen molar-refractivity contribution in [1.29, 1.82) is 0 Å². The molecule has 0 saturated heterocycles. The molecule has 0 radical (unpaired) electrons. The number of aryl methyl sites for hydroxylation is 1. The maximum absolute atomic E-state index is 6.01. The van der Waals surface area contributed by atoms with Crippen molar-refractivity contribution in [3.8, 4) is 11.3 Å². The van der Waals surface area contributed by atoms with E-state index in [1.54, 1.807) is 0 Å². The minimum atomic E-state index is 0.381. The summed E-state index contributed by atoms with van der Waals surface area (Å²) in [6.07, 6.45) is 1.00. The monoisotopic (exact) mass is 250 g/mol. The van der Waals surface area contributed by atoms with Crippen LogP contribution < -0.4 is 5.73 Å². The molecule has 17 heavy (non-hydrogen) atoms. The highest BCUT2D eigenvalue weighted by Gasteiger charge is 2.13. The van der Waals surface area contributed by atoms with Crippen molar-refractivity contribution in [3.63, 3.8) is 0 Å².